The number of aromatic nitrogens is 1. The van der Waals surface area contributed by atoms with Crippen LogP contribution in [-0.2, 0) is 9.47 Å². The first-order valence-electron chi connectivity index (χ1n) is 6.54. The van der Waals surface area contributed by atoms with E-state index >= 15 is 0 Å². The van der Waals surface area contributed by atoms with Crippen LogP contribution in [0.5, 0.6) is 0 Å². The molecule has 0 unspecified atom stereocenters. The van der Waals surface area contributed by atoms with E-state index in [4.69, 9.17) is 0 Å². The Morgan fingerprint density at radius 2 is 2.04 bits per heavy atom. The number of benzene rings is 1. The Bertz CT molecular complexity index is 851. The number of carbonyl (C=O) groups is 2. The highest BCUT2D eigenvalue weighted by Gasteiger charge is 2.12. The molecule has 118 valence electrons. The predicted molar refractivity (Wildman–Crippen MR) is 83.8 cm³/mol. The Morgan fingerprint density at radius 3 is 2.78 bits per heavy atom. The highest BCUT2D eigenvalue weighted by atomic mass is 16.7. The molecule has 1 heterocycles. The first-order chi connectivity index (χ1) is 11.0. The molecule has 0 aliphatic carbocycles. The number of allylic oxidation sites excluding steroid dienone is 1. The Kier molecular flexibility index (Phi) is 4.93. The molecule has 0 aliphatic heterocycles. The van der Waals surface area contributed by atoms with Gasteiger partial charge in [-0.25, -0.2) is 4.79 Å². The number of carbonyl (C=O) groups excluding carboxylic acids is 2. The molecule has 1 aromatic heterocycles. The number of pyridine rings is 1. The normalized spacial score (nSPS) is 10.5. The topological polar surface area (TPSA) is 97.5 Å². The summed E-state index contributed by atoms with van der Waals surface area (Å²) in [5.74, 6) is -0.621. The number of para-hydroxylation sites is 1. The van der Waals surface area contributed by atoms with Crippen LogP contribution in [0.4, 0.5) is 4.79 Å². The first-order valence-corrected chi connectivity index (χ1v) is 6.54. The van der Waals surface area contributed by atoms with Crippen LogP contribution in [0.2, 0.25) is 0 Å². The van der Waals surface area contributed by atoms with Crippen LogP contribution < -0.4 is 10.7 Å². The molecule has 0 bridgehead atoms. The summed E-state index contributed by atoms with van der Waals surface area (Å²) in [5.41, 5.74) is 0.345. The van der Waals surface area contributed by atoms with Gasteiger partial charge in [-0.05, 0) is 18.2 Å². The molecule has 2 aromatic rings. The summed E-state index contributed by atoms with van der Waals surface area (Å²) >= 11 is 0. The van der Waals surface area contributed by atoms with Crippen LogP contribution in [0.25, 0.3) is 10.9 Å². The van der Waals surface area contributed by atoms with Crippen LogP contribution in [0.15, 0.2) is 59.9 Å². The molecule has 0 saturated carbocycles. The summed E-state index contributed by atoms with van der Waals surface area (Å²) in [6.45, 7) is 3.57. The van der Waals surface area contributed by atoms with Gasteiger partial charge in [-0.3, -0.25) is 9.59 Å². The maximum absolute atomic E-state index is 12.3. The van der Waals surface area contributed by atoms with Crippen LogP contribution >= 0.6 is 0 Å². The summed E-state index contributed by atoms with van der Waals surface area (Å²) < 4.78 is 8.77. The number of fused-ring (bicyclic) bond motifs is 1. The van der Waals surface area contributed by atoms with Crippen molar-refractivity contribution in [1.82, 2.24) is 10.3 Å². The fourth-order valence-electron chi connectivity index (χ4n) is 1.81. The largest absolute Gasteiger partial charge is 0.512 e. The van der Waals surface area contributed by atoms with Crippen molar-refractivity contribution >= 4 is 23.0 Å². The SMILES string of the molecule is C=C(/C=C/OC(=O)OC)NC(=O)c1c[nH]c2ccccc2c1=O. The van der Waals surface area contributed by atoms with Crippen molar-refractivity contribution in [2.75, 3.05) is 7.11 Å². The molecule has 0 aliphatic rings. The van der Waals surface area contributed by atoms with E-state index < -0.39 is 12.1 Å². The van der Waals surface area contributed by atoms with Crippen molar-refractivity contribution in [3.63, 3.8) is 0 Å². The number of nitrogens with one attached hydrogen (secondary N) is 2. The van der Waals surface area contributed by atoms with Crippen molar-refractivity contribution in [2.24, 2.45) is 0 Å². The minimum Gasteiger partial charge on any atom is -0.437 e. The summed E-state index contributed by atoms with van der Waals surface area (Å²) in [4.78, 5) is 38.0. The molecule has 0 fully saturated rings. The lowest BCUT2D eigenvalue weighted by Crippen LogP contribution is -2.27. The van der Waals surface area contributed by atoms with Crippen molar-refractivity contribution in [2.45, 2.75) is 0 Å². The number of amides is 1. The standard InChI is InChI=1S/C16H14N2O5/c1-10(7-8-23-16(21)22-2)18-15(20)12-9-17-13-6-4-3-5-11(13)14(12)19/h3-9H,1H2,2H3,(H,17,19)(H,18,20)/b8-7+. The van der Waals surface area contributed by atoms with Gasteiger partial charge in [-0.1, -0.05) is 18.7 Å². The molecule has 1 aromatic carbocycles. The lowest BCUT2D eigenvalue weighted by molar-refractivity contribution is 0.0966. The fraction of sp³-hybridized carbons (Fsp3) is 0.0625. The number of hydrogen-bond acceptors (Lipinski definition) is 5. The van der Waals surface area contributed by atoms with E-state index in [0.717, 1.165) is 6.26 Å². The zero-order chi connectivity index (χ0) is 16.8. The van der Waals surface area contributed by atoms with Gasteiger partial charge in [0.2, 0.25) is 5.43 Å². The highest BCUT2D eigenvalue weighted by molar-refractivity contribution is 5.98. The first kappa shape index (κ1) is 16.0. The molecular formula is C16H14N2O5. The zero-order valence-electron chi connectivity index (χ0n) is 12.3. The van der Waals surface area contributed by atoms with Gasteiger partial charge >= 0.3 is 6.16 Å². The molecule has 2 N–H and O–H groups in total. The van der Waals surface area contributed by atoms with Crippen LogP contribution in [0.1, 0.15) is 10.4 Å². The number of H-pyrrole nitrogens is 1. The second kappa shape index (κ2) is 7.08. The average molecular weight is 314 g/mol. The quantitative estimate of drug-likeness (QED) is 0.511. The summed E-state index contributed by atoms with van der Waals surface area (Å²) in [6.07, 6.45) is 2.71. The Morgan fingerprint density at radius 1 is 1.30 bits per heavy atom. The van der Waals surface area contributed by atoms with Gasteiger partial charge in [0.05, 0.1) is 7.11 Å². The molecule has 0 radical (unpaired) electrons. The monoisotopic (exact) mass is 314 g/mol. The van der Waals surface area contributed by atoms with E-state index in [1.165, 1.54) is 19.4 Å². The minimum atomic E-state index is -0.897. The molecule has 23 heavy (non-hydrogen) atoms. The Labute approximate surface area is 131 Å². The third-order valence-corrected chi connectivity index (χ3v) is 2.91. The van der Waals surface area contributed by atoms with Gasteiger partial charge in [0.1, 0.15) is 11.8 Å². The number of ether oxygens (including phenoxy) is 2. The molecule has 0 saturated heterocycles. The third kappa shape index (κ3) is 3.85. The maximum Gasteiger partial charge on any atom is 0.512 e. The smallest absolute Gasteiger partial charge is 0.437 e. The fourth-order valence-corrected chi connectivity index (χ4v) is 1.81. The van der Waals surface area contributed by atoms with Crippen LogP contribution in [-0.4, -0.2) is 24.2 Å². The van der Waals surface area contributed by atoms with E-state index in [1.807, 2.05) is 0 Å². The second-order valence-electron chi connectivity index (χ2n) is 4.43. The lowest BCUT2D eigenvalue weighted by Gasteiger charge is -2.05. The predicted octanol–water partition coefficient (Wildman–Crippen LogP) is 2.07. The van der Waals surface area contributed by atoms with Crippen molar-refractivity contribution in [3.05, 3.63) is 70.9 Å². The van der Waals surface area contributed by atoms with Gasteiger partial charge in [-0.15, -0.1) is 0 Å². The van der Waals surface area contributed by atoms with Gasteiger partial charge in [-0.2, -0.15) is 0 Å². The molecule has 7 nitrogen and oxygen atoms in total. The zero-order valence-corrected chi connectivity index (χ0v) is 12.3. The maximum atomic E-state index is 12.3. The molecular weight excluding hydrogens is 300 g/mol. The van der Waals surface area contributed by atoms with Crippen molar-refractivity contribution in [3.8, 4) is 0 Å². The second-order valence-corrected chi connectivity index (χ2v) is 4.43. The Hall–Kier alpha value is -3.35. The van der Waals surface area contributed by atoms with Gasteiger partial charge in [0.25, 0.3) is 5.91 Å². The van der Waals surface area contributed by atoms with Crippen molar-refractivity contribution < 1.29 is 19.1 Å². The van der Waals surface area contributed by atoms with Gasteiger partial charge in [0, 0.05) is 22.8 Å². The minimum absolute atomic E-state index is 0.0489. The van der Waals surface area contributed by atoms with E-state index in [0.29, 0.717) is 10.9 Å². The van der Waals surface area contributed by atoms with E-state index in [-0.39, 0.29) is 16.7 Å². The molecule has 2 rings (SSSR count). The number of methoxy groups -OCH3 is 1. The Balaban J connectivity index is 2.12. The molecule has 0 atom stereocenters. The van der Waals surface area contributed by atoms with Gasteiger partial charge < -0.3 is 19.8 Å². The van der Waals surface area contributed by atoms with Crippen LogP contribution in [0, 0.1) is 0 Å². The average Bonchev–Trinajstić information content (AvgIpc) is 2.55. The number of aromatic amines is 1. The van der Waals surface area contributed by atoms with Crippen molar-refractivity contribution in [1.29, 1.82) is 0 Å². The van der Waals surface area contributed by atoms with Gasteiger partial charge in [0.15, 0.2) is 0 Å². The summed E-state index contributed by atoms with van der Waals surface area (Å²) in [7, 11) is 1.17. The lowest BCUT2D eigenvalue weighted by atomic mass is 10.1. The molecule has 1 amide bonds. The number of rotatable bonds is 4. The number of hydrogen-bond donors (Lipinski definition) is 2. The molecule has 0 spiro atoms. The van der Waals surface area contributed by atoms with E-state index in [2.05, 4.69) is 26.4 Å². The highest BCUT2D eigenvalue weighted by Crippen LogP contribution is 2.07. The van der Waals surface area contributed by atoms with Crippen LogP contribution in [0.3, 0.4) is 0 Å². The summed E-state index contributed by atoms with van der Waals surface area (Å²) in [5, 5.41) is 2.83. The van der Waals surface area contributed by atoms with E-state index in [9.17, 15) is 14.4 Å². The third-order valence-electron chi connectivity index (χ3n) is 2.91. The summed E-state index contributed by atoms with van der Waals surface area (Å²) in [6, 6.07) is 6.87. The molecule has 7 heteroatoms. The van der Waals surface area contributed by atoms with E-state index in [1.54, 1.807) is 24.3 Å².